The fraction of sp³-hybridized carbons (Fsp3) is 0.100. The molecule has 0 aromatic heterocycles. The molecule has 17 heavy (non-hydrogen) atoms. The Morgan fingerprint density at radius 2 is 2.00 bits per heavy atom. The maximum absolute atomic E-state index is 11.2. The van der Waals surface area contributed by atoms with E-state index < -0.39 is 18.0 Å². The van der Waals surface area contributed by atoms with Crippen LogP contribution in [0.5, 0.6) is 0 Å². The van der Waals surface area contributed by atoms with E-state index >= 15 is 0 Å². The van der Waals surface area contributed by atoms with Crippen LogP contribution in [0.2, 0.25) is 0 Å². The van der Waals surface area contributed by atoms with Gasteiger partial charge in [-0.2, -0.15) is 15.5 Å². The van der Waals surface area contributed by atoms with Gasteiger partial charge in [-0.05, 0) is 12.1 Å². The number of rotatable bonds is 3. The molecule has 0 saturated heterocycles. The molecule has 0 heterocycles. The molecule has 1 aromatic carbocycles. The monoisotopic (exact) mass is 231 g/mol. The van der Waals surface area contributed by atoms with E-state index in [-0.39, 0.29) is 0 Å². The maximum atomic E-state index is 11.2. The lowest BCUT2D eigenvalue weighted by Crippen LogP contribution is -2.40. The van der Waals surface area contributed by atoms with Crippen molar-refractivity contribution in [2.75, 3.05) is 0 Å². The number of carbonyl (C=O) groups excluding carboxylic acids is 2. The number of hydrogen-bond donors (Lipinski definition) is 2. The summed E-state index contributed by atoms with van der Waals surface area (Å²) in [6.07, 6.45) is 0. The number of primary amides is 1. The molecule has 0 fully saturated rings. The van der Waals surface area contributed by atoms with E-state index in [9.17, 15) is 9.59 Å². The number of amides is 3. The van der Waals surface area contributed by atoms with Crippen LogP contribution in [0.1, 0.15) is 0 Å². The highest BCUT2D eigenvalue weighted by atomic mass is 16.2. The summed E-state index contributed by atoms with van der Waals surface area (Å²) in [6.45, 7) is 0. The molecular weight excluding hydrogens is 222 g/mol. The van der Waals surface area contributed by atoms with Crippen LogP contribution in [0.25, 0.3) is 0 Å². The molecule has 0 aliphatic heterocycles. The fourth-order valence-electron chi connectivity index (χ4n) is 0.946. The van der Waals surface area contributed by atoms with Crippen LogP contribution in [0, 0.1) is 11.3 Å². The zero-order valence-electron chi connectivity index (χ0n) is 8.70. The lowest BCUT2D eigenvalue weighted by atomic mass is 10.3. The van der Waals surface area contributed by atoms with Gasteiger partial charge in [0.25, 0.3) is 5.91 Å². The highest BCUT2D eigenvalue weighted by Crippen LogP contribution is 2.10. The SMILES string of the molecule is N#CC(N=Nc1ccccc1)C(=O)NC(N)=O. The third-order valence-electron chi connectivity index (χ3n) is 1.66. The average molecular weight is 231 g/mol. The van der Waals surface area contributed by atoms with Gasteiger partial charge in [-0.15, -0.1) is 0 Å². The molecule has 7 nitrogen and oxygen atoms in total. The number of nitrogens with one attached hydrogen (secondary N) is 1. The number of urea groups is 1. The first-order valence-corrected chi connectivity index (χ1v) is 4.59. The topological polar surface area (TPSA) is 121 Å². The van der Waals surface area contributed by atoms with E-state index in [4.69, 9.17) is 11.0 Å². The fourth-order valence-corrected chi connectivity index (χ4v) is 0.946. The first-order valence-electron chi connectivity index (χ1n) is 4.59. The highest BCUT2D eigenvalue weighted by Gasteiger charge is 2.18. The van der Waals surface area contributed by atoms with Crippen molar-refractivity contribution >= 4 is 17.6 Å². The second-order valence-corrected chi connectivity index (χ2v) is 2.94. The second-order valence-electron chi connectivity index (χ2n) is 2.94. The van der Waals surface area contributed by atoms with Gasteiger partial charge in [-0.3, -0.25) is 10.1 Å². The number of nitrogens with two attached hydrogens (primary N) is 1. The van der Waals surface area contributed by atoms with Crippen molar-refractivity contribution in [2.45, 2.75) is 6.04 Å². The predicted octanol–water partition coefficient (Wildman–Crippen LogP) is 0.857. The lowest BCUT2D eigenvalue weighted by Gasteiger charge is -2.01. The first-order chi connectivity index (χ1) is 8.13. The average Bonchev–Trinajstić information content (AvgIpc) is 2.30. The van der Waals surface area contributed by atoms with Crippen LogP contribution in [-0.2, 0) is 4.79 Å². The van der Waals surface area contributed by atoms with Crippen molar-refractivity contribution in [3.05, 3.63) is 30.3 Å². The van der Waals surface area contributed by atoms with Crippen molar-refractivity contribution in [3.63, 3.8) is 0 Å². The summed E-state index contributed by atoms with van der Waals surface area (Å²) in [4.78, 5) is 21.6. The van der Waals surface area contributed by atoms with E-state index in [2.05, 4.69) is 10.2 Å². The number of imide groups is 1. The minimum atomic E-state index is -1.40. The molecule has 0 aliphatic carbocycles. The zero-order valence-corrected chi connectivity index (χ0v) is 8.70. The Labute approximate surface area is 96.9 Å². The molecular formula is C10H9N5O2. The van der Waals surface area contributed by atoms with Gasteiger partial charge in [0.2, 0.25) is 6.04 Å². The number of hydrogen-bond acceptors (Lipinski definition) is 5. The summed E-state index contributed by atoms with van der Waals surface area (Å²) in [5, 5.41) is 17.6. The smallest absolute Gasteiger partial charge is 0.318 e. The summed E-state index contributed by atoms with van der Waals surface area (Å²) in [7, 11) is 0. The number of nitriles is 1. The quantitative estimate of drug-likeness (QED) is 0.750. The molecule has 1 aromatic rings. The van der Waals surface area contributed by atoms with Crippen molar-refractivity contribution < 1.29 is 9.59 Å². The Balaban J connectivity index is 2.71. The summed E-state index contributed by atoms with van der Waals surface area (Å²) in [5.74, 6) is -0.903. The van der Waals surface area contributed by atoms with E-state index in [0.717, 1.165) is 0 Å². The molecule has 1 rings (SSSR count). The van der Waals surface area contributed by atoms with Gasteiger partial charge in [0.05, 0.1) is 5.69 Å². The molecule has 0 bridgehead atoms. The summed E-state index contributed by atoms with van der Waals surface area (Å²) < 4.78 is 0. The second kappa shape index (κ2) is 5.97. The molecule has 1 unspecified atom stereocenters. The van der Waals surface area contributed by atoms with E-state index in [1.165, 1.54) is 0 Å². The highest BCUT2D eigenvalue weighted by molar-refractivity contribution is 5.97. The normalized spacial score (nSPS) is 11.7. The van der Waals surface area contributed by atoms with Crippen LogP contribution in [0.3, 0.4) is 0 Å². The molecule has 3 amide bonds. The van der Waals surface area contributed by atoms with Crippen LogP contribution in [0.4, 0.5) is 10.5 Å². The van der Waals surface area contributed by atoms with Gasteiger partial charge < -0.3 is 5.73 Å². The Kier molecular flexibility index (Phi) is 4.33. The van der Waals surface area contributed by atoms with Crippen molar-refractivity contribution in [1.29, 1.82) is 5.26 Å². The molecule has 3 N–H and O–H groups in total. The molecule has 0 radical (unpaired) electrons. The first kappa shape index (κ1) is 12.3. The summed E-state index contributed by atoms with van der Waals surface area (Å²) >= 11 is 0. The zero-order chi connectivity index (χ0) is 12.7. The largest absolute Gasteiger partial charge is 0.351 e. The maximum Gasteiger partial charge on any atom is 0.318 e. The van der Waals surface area contributed by atoms with Crippen LogP contribution < -0.4 is 11.1 Å². The molecule has 0 spiro atoms. The van der Waals surface area contributed by atoms with Crippen molar-refractivity contribution in [2.24, 2.45) is 16.0 Å². The Morgan fingerprint density at radius 3 is 2.53 bits per heavy atom. The third kappa shape index (κ3) is 4.09. The number of nitrogens with zero attached hydrogens (tertiary/aromatic N) is 3. The number of benzene rings is 1. The van der Waals surface area contributed by atoms with Crippen molar-refractivity contribution in [3.8, 4) is 6.07 Å². The predicted molar refractivity (Wildman–Crippen MR) is 58.1 cm³/mol. The molecule has 0 saturated carbocycles. The summed E-state index contributed by atoms with van der Waals surface area (Å²) in [6, 6.07) is 7.74. The van der Waals surface area contributed by atoms with Gasteiger partial charge >= 0.3 is 6.03 Å². The molecule has 1 atom stereocenters. The van der Waals surface area contributed by atoms with Crippen LogP contribution >= 0.6 is 0 Å². The number of azo groups is 1. The van der Waals surface area contributed by atoms with Gasteiger partial charge in [0, 0.05) is 0 Å². The van der Waals surface area contributed by atoms with E-state index in [1.54, 1.807) is 41.7 Å². The third-order valence-corrected chi connectivity index (χ3v) is 1.66. The minimum absolute atomic E-state index is 0.500. The Bertz CT molecular complexity index is 477. The number of carbonyl (C=O) groups is 2. The van der Waals surface area contributed by atoms with Crippen LogP contribution in [-0.4, -0.2) is 18.0 Å². The van der Waals surface area contributed by atoms with E-state index in [1.807, 2.05) is 0 Å². The molecule has 0 aliphatic rings. The molecule has 86 valence electrons. The lowest BCUT2D eigenvalue weighted by molar-refractivity contribution is -0.120. The van der Waals surface area contributed by atoms with Gasteiger partial charge in [0.15, 0.2) is 0 Å². The van der Waals surface area contributed by atoms with E-state index in [0.29, 0.717) is 5.69 Å². The van der Waals surface area contributed by atoms with Crippen LogP contribution in [0.15, 0.2) is 40.6 Å². The van der Waals surface area contributed by atoms with Crippen molar-refractivity contribution in [1.82, 2.24) is 5.32 Å². The Morgan fingerprint density at radius 1 is 1.35 bits per heavy atom. The standard InChI is InChI=1S/C10H9N5O2/c11-6-8(9(16)13-10(12)17)15-14-7-4-2-1-3-5-7/h1-5,8H,(H3,12,13,16,17). The molecule has 7 heteroatoms. The van der Waals surface area contributed by atoms with Gasteiger partial charge in [-0.1, -0.05) is 18.2 Å². The summed E-state index contributed by atoms with van der Waals surface area (Å²) in [5.41, 5.74) is 5.24. The van der Waals surface area contributed by atoms with Gasteiger partial charge in [0.1, 0.15) is 6.07 Å². The van der Waals surface area contributed by atoms with Gasteiger partial charge in [-0.25, -0.2) is 4.79 Å². The Hall–Kier alpha value is -2.75. The minimum Gasteiger partial charge on any atom is -0.351 e.